The molecule has 2 fully saturated rings. The maximum absolute atomic E-state index is 13.2. The summed E-state index contributed by atoms with van der Waals surface area (Å²) < 4.78 is 13.3. The maximum Gasteiger partial charge on any atom is 0.372 e. The highest BCUT2D eigenvalue weighted by atomic mass is 32.2. The molecule has 41 heavy (non-hydrogen) atoms. The molecule has 5 nitrogen and oxygen atoms in total. The molecule has 2 heterocycles. The number of hydrogen-bond donors (Lipinski definition) is 0. The van der Waals surface area contributed by atoms with Gasteiger partial charge in [0.25, 0.3) is 0 Å². The fraction of sp³-hybridized carbons (Fsp3) is 0.636. The third-order valence-electron chi connectivity index (χ3n) is 8.57. The molecule has 226 valence electrons. The third-order valence-corrected chi connectivity index (χ3v) is 10.7. The van der Waals surface area contributed by atoms with E-state index in [-0.39, 0.29) is 17.1 Å². The highest BCUT2D eigenvalue weighted by Crippen LogP contribution is 2.48. The molecule has 2 unspecified atom stereocenters. The lowest BCUT2D eigenvalue weighted by atomic mass is 9.73. The van der Waals surface area contributed by atoms with E-state index in [2.05, 4.69) is 69.5 Å². The first-order valence-corrected chi connectivity index (χ1v) is 17.6. The lowest BCUT2D eigenvalue weighted by Crippen LogP contribution is -2.45. The first-order valence-electron chi connectivity index (χ1n) is 15.2. The zero-order valence-corrected chi connectivity index (χ0v) is 28.0. The number of thiocarbonyl (C=S) groups is 1. The molecule has 4 rings (SSSR count). The Hall–Kier alpha value is -1.32. The Kier molecular flexibility index (Phi) is 12.3. The normalized spacial score (nSPS) is 24.4. The van der Waals surface area contributed by atoms with E-state index in [0.717, 1.165) is 98.5 Å². The molecule has 0 bridgehead atoms. The van der Waals surface area contributed by atoms with E-state index in [1.807, 2.05) is 0 Å². The van der Waals surface area contributed by atoms with Crippen LogP contribution in [0.25, 0.3) is 0 Å². The lowest BCUT2D eigenvalue weighted by Gasteiger charge is -2.36. The van der Waals surface area contributed by atoms with Gasteiger partial charge in [0, 0.05) is 48.7 Å². The summed E-state index contributed by atoms with van der Waals surface area (Å²) in [6, 6.07) is 4.83. The second kappa shape index (κ2) is 15.4. The fourth-order valence-corrected chi connectivity index (χ4v) is 7.75. The zero-order chi connectivity index (χ0) is 29.5. The number of ether oxygens (including phenoxy) is 2. The van der Waals surface area contributed by atoms with Gasteiger partial charge in [0.05, 0.1) is 0 Å². The van der Waals surface area contributed by atoms with E-state index in [1.54, 1.807) is 11.8 Å². The van der Waals surface area contributed by atoms with E-state index < -0.39 is 0 Å². The number of carbonyl (C=O) groups excluding carboxylic acids is 1. The van der Waals surface area contributed by atoms with Gasteiger partial charge < -0.3 is 19.3 Å². The number of unbranched alkanes of at least 4 members (excludes halogenated alkanes) is 2. The van der Waals surface area contributed by atoms with Crippen LogP contribution in [-0.2, 0) is 6.42 Å². The number of benzene rings is 1. The van der Waals surface area contributed by atoms with Gasteiger partial charge >= 0.3 is 5.30 Å². The van der Waals surface area contributed by atoms with Crippen molar-refractivity contribution < 1.29 is 14.3 Å². The predicted octanol–water partition coefficient (Wildman–Crippen LogP) is 8.33. The average molecular weight is 617 g/mol. The highest BCUT2D eigenvalue weighted by Gasteiger charge is 2.33. The van der Waals surface area contributed by atoms with Crippen LogP contribution >= 0.6 is 35.7 Å². The number of hydrogen-bond acceptors (Lipinski definition) is 8. The third kappa shape index (κ3) is 9.59. The van der Waals surface area contributed by atoms with Crippen LogP contribution in [0.15, 0.2) is 35.9 Å². The topological polar surface area (TPSA) is 41.8 Å². The largest absolute Gasteiger partial charge is 0.439 e. The van der Waals surface area contributed by atoms with Crippen molar-refractivity contribution in [3.63, 3.8) is 0 Å². The summed E-state index contributed by atoms with van der Waals surface area (Å²) in [5, 5.41) is -0.249. The summed E-state index contributed by atoms with van der Waals surface area (Å²) in [5.74, 6) is 3.97. The molecular formula is C33H48N2O3S3. The van der Waals surface area contributed by atoms with E-state index in [0.29, 0.717) is 22.1 Å². The standard InChI is InChI=1S/C33H48N2O3S3/c1-7-8-9-10-24-16-29(37-32(36)40-14-13-26-20-35(26)6)31(28-15-23(4)11-12-27(28)22(2)3)30(17-24)38-33(39)41-21-25-18-34(5)19-25/h15-17,25-28H,2,7-14,18-21H2,1,3-6H3/t26?,27-,28+,35?/m0/s1. The lowest BCUT2D eigenvalue weighted by molar-refractivity contribution is 0.153. The smallest absolute Gasteiger partial charge is 0.372 e. The molecule has 1 aliphatic carbocycles. The molecule has 0 spiro atoms. The molecule has 2 saturated heterocycles. The number of aryl methyl sites for hydroxylation is 1. The van der Waals surface area contributed by atoms with Gasteiger partial charge in [-0.25, -0.2) is 4.79 Å². The molecular weight excluding hydrogens is 569 g/mol. The molecule has 4 atom stereocenters. The second-order valence-electron chi connectivity index (χ2n) is 12.3. The summed E-state index contributed by atoms with van der Waals surface area (Å²) in [4.78, 5) is 17.8. The van der Waals surface area contributed by atoms with Gasteiger partial charge in [-0.05, 0) is 114 Å². The number of rotatable bonds is 13. The van der Waals surface area contributed by atoms with Crippen LogP contribution in [0.5, 0.6) is 11.5 Å². The first kappa shape index (κ1) is 32.6. The van der Waals surface area contributed by atoms with Gasteiger partial charge in [0.1, 0.15) is 11.5 Å². The summed E-state index contributed by atoms with van der Waals surface area (Å²) >= 11 is 8.67. The molecule has 8 heteroatoms. The van der Waals surface area contributed by atoms with Crippen LogP contribution in [0.4, 0.5) is 4.79 Å². The Balaban J connectivity index is 1.64. The van der Waals surface area contributed by atoms with Crippen LogP contribution in [0, 0.1) is 11.8 Å². The molecule has 2 aliphatic heterocycles. The number of allylic oxidation sites excluding steroid dienone is 3. The van der Waals surface area contributed by atoms with Gasteiger partial charge in [0.2, 0.25) is 4.38 Å². The number of likely N-dealkylation sites (tertiary alicyclic amines) is 1. The number of carbonyl (C=O) groups is 1. The van der Waals surface area contributed by atoms with Crippen LogP contribution in [0.1, 0.15) is 76.3 Å². The first-order chi connectivity index (χ1) is 19.6. The highest BCUT2D eigenvalue weighted by molar-refractivity contribution is 8.22. The van der Waals surface area contributed by atoms with Crippen molar-refractivity contribution in [3.8, 4) is 11.5 Å². The van der Waals surface area contributed by atoms with Gasteiger partial charge in [-0.15, -0.1) is 0 Å². The van der Waals surface area contributed by atoms with Gasteiger partial charge in [-0.2, -0.15) is 0 Å². The Morgan fingerprint density at radius 2 is 1.83 bits per heavy atom. The van der Waals surface area contributed by atoms with E-state index in [1.165, 1.54) is 17.3 Å². The van der Waals surface area contributed by atoms with Gasteiger partial charge in [-0.3, -0.25) is 0 Å². The van der Waals surface area contributed by atoms with Crippen LogP contribution in [0.3, 0.4) is 0 Å². The van der Waals surface area contributed by atoms with Gasteiger partial charge in [-0.1, -0.05) is 55.3 Å². The number of likely N-dealkylation sites (N-methyl/N-ethyl adjacent to an activating group) is 1. The van der Waals surface area contributed by atoms with E-state index >= 15 is 0 Å². The summed E-state index contributed by atoms with van der Waals surface area (Å²) in [6.45, 7) is 14.2. The molecule has 0 aromatic heterocycles. The minimum absolute atomic E-state index is 0.0157. The summed E-state index contributed by atoms with van der Waals surface area (Å²) in [6.07, 6.45) is 9.69. The van der Waals surface area contributed by atoms with Crippen molar-refractivity contribution in [1.29, 1.82) is 0 Å². The quantitative estimate of drug-likeness (QED) is 0.0721. The molecule has 0 saturated carbocycles. The van der Waals surface area contributed by atoms with Crippen molar-refractivity contribution in [2.24, 2.45) is 11.8 Å². The zero-order valence-electron chi connectivity index (χ0n) is 25.6. The fourth-order valence-electron chi connectivity index (χ4n) is 6.02. The Morgan fingerprint density at radius 1 is 1.12 bits per heavy atom. The molecule has 0 amide bonds. The van der Waals surface area contributed by atoms with Crippen LogP contribution in [-0.4, -0.2) is 70.8 Å². The Labute approximate surface area is 261 Å². The minimum atomic E-state index is -0.249. The summed E-state index contributed by atoms with van der Waals surface area (Å²) in [5.41, 5.74) is 4.54. The van der Waals surface area contributed by atoms with E-state index in [4.69, 9.17) is 21.7 Å². The van der Waals surface area contributed by atoms with E-state index in [9.17, 15) is 4.79 Å². The molecule has 0 N–H and O–H groups in total. The Bertz CT molecular complexity index is 1130. The van der Waals surface area contributed by atoms with Crippen molar-refractivity contribution >= 4 is 45.4 Å². The second-order valence-corrected chi connectivity index (χ2v) is 15.0. The average Bonchev–Trinajstić information content (AvgIpc) is 3.60. The Morgan fingerprint density at radius 3 is 2.46 bits per heavy atom. The SMILES string of the molecule is C=C(C)[C@@H]1CCC(C)=C[C@H]1c1c(OC(=O)SCCC2CN2C)cc(CCCCC)cc1OC(=S)SCC1CN(C)C1. The summed E-state index contributed by atoms with van der Waals surface area (Å²) in [7, 11) is 4.27. The monoisotopic (exact) mass is 616 g/mol. The number of thioether (sulfide) groups is 2. The molecule has 1 aromatic carbocycles. The predicted molar refractivity (Wildman–Crippen MR) is 180 cm³/mol. The van der Waals surface area contributed by atoms with Crippen molar-refractivity contribution in [1.82, 2.24) is 9.80 Å². The molecule has 3 aliphatic rings. The molecule has 1 aromatic rings. The minimum Gasteiger partial charge on any atom is -0.439 e. The molecule has 0 radical (unpaired) electrons. The maximum atomic E-state index is 13.2. The van der Waals surface area contributed by atoms with Crippen molar-refractivity contribution in [2.75, 3.05) is 45.2 Å². The van der Waals surface area contributed by atoms with Crippen LogP contribution in [0.2, 0.25) is 0 Å². The van der Waals surface area contributed by atoms with Crippen LogP contribution < -0.4 is 9.47 Å². The number of nitrogens with zero attached hydrogens (tertiary/aromatic N) is 2. The van der Waals surface area contributed by atoms with Crippen molar-refractivity contribution in [3.05, 3.63) is 47.1 Å². The van der Waals surface area contributed by atoms with Crippen molar-refractivity contribution in [2.45, 2.75) is 77.7 Å². The van der Waals surface area contributed by atoms with Gasteiger partial charge in [0.15, 0.2) is 0 Å².